The van der Waals surface area contributed by atoms with Crippen LogP contribution in [-0.4, -0.2) is 18.2 Å². The Balaban J connectivity index is 1.69. The third-order valence-electron chi connectivity index (χ3n) is 3.88. The van der Waals surface area contributed by atoms with E-state index in [1.54, 1.807) is 11.3 Å². The van der Waals surface area contributed by atoms with E-state index in [1.165, 1.54) is 12.0 Å². The molecular formula is C17H17ClN2O2S2. The fraction of sp³-hybridized carbons (Fsp3) is 0.294. The summed E-state index contributed by atoms with van der Waals surface area (Å²) >= 11 is 12.9. The quantitative estimate of drug-likeness (QED) is 0.616. The first-order chi connectivity index (χ1) is 11.6. The number of carbonyl (C=O) groups excluding carboxylic acids is 1. The fourth-order valence-corrected chi connectivity index (χ4v) is 4.52. The van der Waals surface area contributed by atoms with Crippen molar-refractivity contribution in [3.8, 4) is 0 Å². The molecule has 24 heavy (non-hydrogen) atoms. The summed E-state index contributed by atoms with van der Waals surface area (Å²) in [5, 5.41) is 8.21. The summed E-state index contributed by atoms with van der Waals surface area (Å²) < 4.78 is 4.93. The van der Waals surface area contributed by atoms with Gasteiger partial charge in [-0.3, -0.25) is 0 Å². The van der Waals surface area contributed by atoms with E-state index in [2.05, 4.69) is 10.6 Å². The van der Waals surface area contributed by atoms with Gasteiger partial charge in [0.05, 0.1) is 12.7 Å². The number of halogens is 1. The number of thiocarbonyl (C=S) groups is 1. The largest absolute Gasteiger partial charge is 0.465 e. The number of benzene rings is 1. The summed E-state index contributed by atoms with van der Waals surface area (Å²) in [4.78, 5) is 13.4. The van der Waals surface area contributed by atoms with E-state index in [0.29, 0.717) is 22.2 Å². The van der Waals surface area contributed by atoms with E-state index >= 15 is 0 Å². The Kier molecular flexibility index (Phi) is 5.38. The SMILES string of the molecule is COC(=O)c1c(NC(=S)NCc2cccc(Cl)c2)sc2c1CCC2. The Labute approximate surface area is 155 Å². The molecule has 1 heterocycles. The van der Waals surface area contributed by atoms with E-state index < -0.39 is 0 Å². The number of anilines is 1. The Morgan fingerprint density at radius 1 is 1.42 bits per heavy atom. The van der Waals surface area contributed by atoms with E-state index in [-0.39, 0.29) is 5.97 Å². The Bertz CT molecular complexity index is 789. The Morgan fingerprint density at radius 2 is 2.25 bits per heavy atom. The zero-order valence-corrected chi connectivity index (χ0v) is 15.5. The van der Waals surface area contributed by atoms with Crippen LogP contribution >= 0.6 is 35.2 Å². The van der Waals surface area contributed by atoms with Crippen LogP contribution in [0, 0.1) is 0 Å². The topological polar surface area (TPSA) is 50.4 Å². The third kappa shape index (κ3) is 3.71. The van der Waals surface area contributed by atoms with Crippen LogP contribution in [0.1, 0.15) is 32.8 Å². The number of carbonyl (C=O) groups is 1. The monoisotopic (exact) mass is 380 g/mol. The predicted molar refractivity (Wildman–Crippen MR) is 102 cm³/mol. The number of methoxy groups -OCH3 is 1. The van der Waals surface area contributed by atoms with Gasteiger partial charge in [-0.1, -0.05) is 23.7 Å². The molecule has 1 aromatic carbocycles. The second-order valence-electron chi connectivity index (χ2n) is 5.49. The summed E-state index contributed by atoms with van der Waals surface area (Å²) in [5.74, 6) is -0.311. The van der Waals surface area contributed by atoms with E-state index in [4.69, 9.17) is 28.6 Å². The lowest BCUT2D eigenvalue weighted by Crippen LogP contribution is -2.28. The van der Waals surface area contributed by atoms with Crippen molar-refractivity contribution in [3.63, 3.8) is 0 Å². The molecule has 0 spiro atoms. The molecule has 0 atom stereocenters. The minimum Gasteiger partial charge on any atom is -0.465 e. The van der Waals surface area contributed by atoms with Gasteiger partial charge in [0.1, 0.15) is 5.00 Å². The second kappa shape index (κ2) is 7.51. The summed E-state index contributed by atoms with van der Waals surface area (Å²) in [7, 11) is 1.40. The van der Waals surface area contributed by atoms with Crippen molar-refractivity contribution in [1.82, 2.24) is 5.32 Å². The molecule has 0 aliphatic heterocycles. The number of esters is 1. The standard InChI is InChI=1S/C17H17ClN2O2S2/c1-22-16(21)14-12-6-3-7-13(12)24-15(14)20-17(23)19-9-10-4-2-5-11(18)8-10/h2,4-5,8H,3,6-7,9H2,1H3,(H2,19,20,23). The molecule has 7 heteroatoms. The lowest BCUT2D eigenvalue weighted by atomic mass is 10.1. The van der Waals surface area contributed by atoms with Gasteiger partial charge in [-0.25, -0.2) is 4.79 Å². The highest BCUT2D eigenvalue weighted by atomic mass is 35.5. The van der Waals surface area contributed by atoms with Crippen molar-refractivity contribution >= 4 is 51.2 Å². The number of hydrogen-bond donors (Lipinski definition) is 2. The maximum absolute atomic E-state index is 12.1. The molecule has 0 bridgehead atoms. The maximum atomic E-state index is 12.1. The summed E-state index contributed by atoms with van der Waals surface area (Å²) in [6, 6.07) is 7.59. The van der Waals surface area contributed by atoms with Gasteiger partial charge >= 0.3 is 5.97 Å². The molecule has 0 radical (unpaired) electrons. The van der Waals surface area contributed by atoms with Gasteiger partial charge in [0.25, 0.3) is 0 Å². The molecule has 1 aromatic heterocycles. The van der Waals surface area contributed by atoms with E-state index in [0.717, 1.165) is 35.4 Å². The van der Waals surface area contributed by atoms with Gasteiger partial charge in [-0.2, -0.15) is 0 Å². The molecule has 1 aliphatic rings. The van der Waals surface area contributed by atoms with E-state index in [1.807, 2.05) is 24.3 Å². The van der Waals surface area contributed by atoms with Gasteiger partial charge in [0, 0.05) is 16.4 Å². The molecule has 0 unspecified atom stereocenters. The van der Waals surface area contributed by atoms with Gasteiger partial charge in [0.2, 0.25) is 0 Å². The van der Waals surface area contributed by atoms with Gasteiger partial charge < -0.3 is 15.4 Å². The number of fused-ring (bicyclic) bond motifs is 1. The molecular weight excluding hydrogens is 364 g/mol. The van der Waals surface area contributed by atoms with Crippen LogP contribution in [-0.2, 0) is 24.1 Å². The highest BCUT2D eigenvalue weighted by Crippen LogP contribution is 2.39. The average Bonchev–Trinajstić information content (AvgIpc) is 3.13. The summed E-state index contributed by atoms with van der Waals surface area (Å²) in [6.07, 6.45) is 3.01. The van der Waals surface area contributed by atoms with Gasteiger partial charge in [-0.15, -0.1) is 11.3 Å². The van der Waals surface area contributed by atoms with Crippen molar-refractivity contribution in [3.05, 3.63) is 50.9 Å². The number of nitrogens with one attached hydrogen (secondary N) is 2. The minimum absolute atomic E-state index is 0.311. The molecule has 126 valence electrons. The highest BCUT2D eigenvalue weighted by Gasteiger charge is 2.27. The van der Waals surface area contributed by atoms with Crippen LogP contribution in [0.15, 0.2) is 24.3 Å². The van der Waals surface area contributed by atoms with Crippen LogP contribution in [0.2, 0.25) is 5.02 Å². The second-order valence-corrected chi connectivity index (χ2v) is 7.44. The zero-order valence-electron chi connectivity index (χ0n) is 13.1. The highest BCUT2D eigenvalue weighted by molar-refractivity contribution is 7.80. The normalized spacial score (nSPS) is 12.6. The van der Waals surface area contributed by atoms with Crippen molar-refractivity contribution in [2.75, 3.05) is 12.4 Å². The Morgan fingerprint density at radius 3 is 3.00 bits per heavy atom. The molecule has 0 amide bonds. The minimum atomic E-state index is -0.311. The van der Waals surface area contributed by atoms with Gasteiger partial charge in [0.15, 0.2) is 5.11 Å². The summed E-state index contributed by atoms with van der Waals surface area (Å²) in [6.45, 7) is 0.561. The molecule has 2 aromatic rings. The maximum Gasteiger partial charge on any atom is 0.341 e. The first-order valence-electron chi connectivity index (χ1n) is 7.60. The molecule has 3 rings (SSSR count). The first kappa shape index (κ1) is 17.2. The fourth-order valence-electron chi connectivity index (χ4n) is 2.79. The molecule has 2 N–H and O–H groups in total. The molecule has 0 fully saturated rings. The van der Waals surface area contributed by atoms with Crippen LogP contribution in [0.3, 0.4) is 0 Å². The third-order valence-corrected chi connectivity index (χ3v) is 5.57. The van der Waals surface area contributed by atoms with Crippen molar-refractivity contribution < 1.29 is 9.53 Å². The predicted octanol–water partition coefficient (Wildman–Crippen LogP) is 4.16. The number of hydrogen-bond acceptors (Lipinski definition) is 4. The van der Waals surface area contributed by atoms with Crippen LogP contribution in [0.5, 0.6) is 0 Å². The van der Waals surface area contributed by atoms with Crippen molar-refractivity contribution in [2.45, 2.75) is 25.8 Å². The number of thiophene rings is 1. The van der Waals surface area contributed by atoms with Crippen molar-refractivity contribution in [2.24, 2.45) is 0 Å². The lowest BCUT2D eigenvalue weighted by molar-refractivity contribution is 0.0601. The Hall–Kier alpha value is -1.63. The number of aryl methyl sites for hydroxylation is 1. The number of rotatable bonds is 4. The number of ether oxygens (including phenoxy) is 1. The molecule has 0 saturated carbocycles. The molecule has 4 nitrogen and oxygen atoms in total. The van der Waals surface area contributed by atoms with Crippen molar-refractivity contribution in [1.29, 1.82) is 0 Å². The van der Waals surface area contributed by atoms with Gasteiger partial charge in [-0.05, 0) is 54.7 Å². The average molecular weight is 381 g/mol. The van der Waals surface area contributed by atoms with Crippen LogP contribution in [0.25, 0.3) is 0 Å². The smallest absolute Gasteiger partial charge is 0.341 e. The zero-order chi connectivity index (χ0) is 17.1. The van der Waals surface area contributed by atoms with E-state index in [9.17, 15) is 4.79 Å². The van der Waals surface area contributed by atoms with Crippen LogP contribution in [0.4, 0.5) is 5.00 Å². The van der Waals surface area contributed by atoms with Crippen LogP contribution < -0.4 is 10.6 Å². The molecule has 0 saturated heterocycles. The summed E-state index contributed by atoms with van der Waals surface area (Å²) in [5.41, 5.74) is 2.77. The molecule has 1 aliphatic carbocycles. The first-order valence-corrected chi connectivity index (χ1v) is 9.21. The lowest BCUT2D eigenvalue weighted by Gasteiger charge is -2.11.